The molecule has 0 saturated heterocycles. The Morgan fingerprint density at radius 1 is 0.893 bits per heavy atom. The van der Waals surface area contributed by atoms with Gasteiger partial charge in [-0.2, -0.15) is 5.10 Å². The zero-order valence-corrected chi connectivity index (χ0v) is 15.9. The van der Waals surface area contributed by atoms with Gasteiger partial charge < -0.3 is 24.3 Å². The third kappa shape index (κ3) is 5.13. The van der Waals surface area contributed by atoms with Crippen LogP contribution in [0.25, 0.3) is 0 Å². The number of benzene rings is 2. The van der Waals surface area contributed by atoms with Crippen molar-refractivity contribution in [1.82, 2.24) is 5.43 Å². The highest BCUT2D eigenvalue weighted by Gasteiger charge is 2.14. The maximum Gasteiger partial charge on any atom is 0.329 e. The average Bonchev–Trinajstić information content (AvgIpc) is 2.72. The fourth-order valence-corrected chi connectivity index (χ4v) is 2.28. The van der Waals surface area contributed by atoms with Gasteiger partial charge in [0.15, 0.2) is 11.5 Å². The van der Waals surface area contributed by atoms with Crippen LogP contribution < -0.4 is 29.7 Å². The summed E-state index contributed by atoms with van der Waals surface area (Å²) in [6.07, 6.45) is 1.35. The van der Waals surface area contributed by atoms with Crippen molar-refractivity contribution in [2.45, 2.75) is 0 Å². The molecule has 0 aliphatic rings. The number of hydrogen-bond donors (Lipinski definition) is 2. The Morgan fingerprint density at radius 2 is 1.57 bits per heavy atom. The first-order valence-corrected chi connectivity index (χ1v) is 8.10. The van der Waals surface area contributed by atoms with Crippen molar-refractivity contribution in [3.63, 3.8) is 0 Å². The third-order valence-electron chi connectivity index (χ3n) is 3.60. The van der Waals surface area contributed by atoms with Gasteiger partial charge in [-0.1, -0.05) is 6.07 Å². The summed E-state index contributed by atoms with van der Waals surface area (Å²) >= 11 is 0. The Balaban J connectivity index is 2.03. The number of nitrogens with zero attached hydrogens (tertiary/aromatic N) is 1. The molecule has 0 aliphatic heterocycles. The van der Waals surface area contributed by atoms with E-state index in [1.807, 2.05) is 0 Å². The molecule has 0 saturated carbocycles. The van der Waals surface area contributed by atoms with Gasteiger partial charge in [-0.15, -0.1) is 0 Å². The Hall–Kier alpha value is -3.75. The molecule has 2 N–H and O–H groups in total. The first kappa shape index (κ1) is 20.6. The largest absolute Gasteiger partial charge is 0.497 e. The van der Waals surface area contributed by atoms with E-state index < -0.39 is 11.8 Å². The molecule has 0 heterocycles. The number of ether oxygens (including phenoxy) is 4. The molecule has 0 bridgehead atoms. The van der Waals surface area contributed by atoms with Crippen LogP contribution in [0.4, 0.5) is 5.69 Å². The van der Waals surface area contributed by atoms with E-state index in [0.717, 1.165) is 0 Å². The minimum absolute atomic E-state index is 0.424. The molecule has 0 fully saturated rings. The van der Waals surface area contributed by atoms with Crippen molar-refractivity contribution >= 4 is 23.7 Å². The lowest BCUT2D eigenvalue weighted by molar-refractivity contribution is -0.136. The molecule has 9 heteroatoms. The highest BCUT2D eigenvalue weighted by Crippen LogP contribution is 2.37. The molecule has 28 heavy (non-hydrogen) atoms. The molecule has 2 rings (SSSR count). The van der Waals surface area contributed by atoms with Crippen LogP contribution >= 0.6 is 0 Å². The van der Waals surface area contributed by atoms with Gasteiger partial charge in [0.25, 0.3) is 0 Å². The van der Waals surface area contributed by atoms with Gasteiger partial charge in [-0.25, -0.2) is 5.43 Å². The molecule has 0 atom stereocenters. The molecule has 2 aromatic rings. The summed E-state index contributed by atoms with van der Waals surface area (Å²) in [5.74, 6) is 0.0695. The second-order valence-corrected chi connectivity index (χ2v) is 5.34. The van der Waals surface area contributed by atoms with Crippen LogP contribution in [0.15, 0.2) is 41.5 Å². The molecule has 2 aromatic carbocycles. The van der Waals surface area contributed by atoms with E-state index in [9.17, 15) is 9.59 Å². The monoisotopic (exact) mass is 387 g/mol. The second-order valence-electron chi connectivity index (χ2n) is 5.34. The molecular weight excluding hydrogens is 366 g/mol. The molecule has 0 radical (unpaired) electrons. The SMILES string of the molecule is COc1cccc(NC(=O)C(=O)N/N=C\c2cc(OC)c(OC)c(OC)c2)c1. The normalized spacial score (nSPS) is 10.3. The number of hydrogen-bond acceptors (Lipinski definition) is 7. The van der Waals surface area contributed by atoms with Gasteiger partial charge in [0.2, 0.25) is 5.75 Å². The predicted octanol–water partition coefficient (Wildman–Crippen LogP) is 1.81. The van der Waals surface area contributed by atoms with E-state index in [0.29, 0.717) is 34.2 Å². The maximum absolute atomic E-state index is 11.9. The predicted molar refractivity (Wildman–Crippen MR) is 103 cm³/mol. The Morgan fingerprint density at radius 3 is 2.14 bits per heavy atom. The lowest BCUT2D eigenvalue weighted by atomic mass is 10.2. The number of carbonyl (C=O) groups is 2. The zero-order chi connectivity index (χ0) is 20.5. The Labute approximate surface area is 162 Å². The summed E-state index contributed by atoms with van der Waals surface area (Å²) < 4.78 is 20.8. The van der Waals surface area contributed by atoms with E-state index in [1.165, 1.54) is 34.7 Å². The minimum atomic E-state index is -0.925. The molecule has 2 amide bonds. The van der Waals surface area contributed by atoms with Gasteiger partial charge in [0.1, 0.15) is 5.75 Å². The molecule has 9 nitrogen and oxygen atoms in total. The number of nitrogens with one attached hydrogen (secondary N) is 2. The standard InChI is InChI=1S/C19H21N3O6/c1-25-14-7-5-6-13(10-14)21-18(23)19(24)22-20-11-12-8-15(26-2)17(28-4)16(9-12)27-3/h5-11H,1-4H3,(H,21,23)(H,22,24)/b20-11-. The van der Waals surface area contributed by atoms with Crippen molar-refractivity contribution < 1.29 is 28.5 Å². The Kier molecular flexibility index (Phi) is 7.21. The fourth-order valence-electron chi connectivity index (χ4n) is 2.28. The number of hydrazone groups is 1. The summed E-state index contributed by atoms with van der Waals surface area (Å²) in [4.78, 5) is 23.8. The topological polar surface area (TPSA) is 107 Å². The number of carbonyl (C=O) groups excluding carboxylic acids is 2. The van der Waals surface area contributed by atoms with E-state index in [-0.39, 0.29) is 0 Å². The van der Waals surface area contributed by atoms with Gasteiger partial charge in [-0.3, -0.25) is 9.59 Å². The van der Waals surface area contributed by atoms with Gasteiger partial charge in [-0.05, 0) is 24.3 Å². The van der Waals surface area contributed by atoms with Crippen molar-refractivity contribution in [2.24, 2.45) is 5.10 Å². The maximum atomic E-state index is 11.9. The van der Waals surface area contributed by atoms with E-state index in [2.05, 4.69) is 15.8 Å². The van der Waals surface area contributed by atoms with Crippen LogP contribution in [0.5, 0.6) is 23.0 Å². The van der Waals surface area contributed by atoms with Crippen molar-refractivity contribution in [3.05, 3.63) is 42.0 Å². The highest BCUT2D eigenvalue weighted by molar-refractivity contribution is 6.39. The highest BCUT2D eigenvalue weighted by atomic mass is 16.5. The summed E-state index contributed by atoms with van der Waals surface area (Å²) in [5, 5.41) is 6.24. The molecule has 0 unspecified atom stereocenters. The van der Waals surface area contributed by atoms with Crippen LogP contribution in [0.3, 0.4) is 0 Å². The molecule has 0 aromatic heterocycles. The molecule has 0 aliphatic carbocycles. The van der Waals surface area contributed by atoms with E-state index in [1.54, 1.807) is 36.4 Å². The smallest absolute Gasteiger partial charge is 0.329 e. The summed E-state index contributed by atoms with van der Waals surface area (Å²) in [6, 6.07) is 9.92. The minimum Gasteiger partial charge on any atom is -0.497 e. The second kappa shape index (κ2) is 9.81. The van der Waals surface area contributed by atoms with Crippen LogP contribution in [0.2, 0.25) is 0 Å². The van der Waals surface area contributed by atoms with Gasteiger partial charge in [0, 0.05) is 17.3 Å². The quantitative estimate of drug-likeness (QED) is 0.426. The number of anilines is 1. The summed E-state index contributed by atoms with van der Waals surface area (Å²) in [7, 11) is 5.98. The average molecular weight is 387 g/mol. The molecule has 148 valence electrons. The van der Waals surface area contributed by atoms with Gasteiger partial charge >= 0.3 is 11.8 Å². The number of rotatable bonds is 7. The van der Waals surface area contributed by atoms with Crippen LogP contribution in [0.1, 0.15) is 5.56 Å². The lowest BCUT2D eigenvalue weighted by Gasteiger charge is -2.12. The number of amides is 2. The third-order valence-corrected chi connectivity index (χ3v) is 3.60. The Bertz CT molecular complexity index is 857. The zero-order valence-electron chi connectivity index (χ0n) is 15.9. The fraction of sp³-hybridized carbons (Fsp3) is 0.211. The molecule has 0 spiro atoms. The van der Waals surface area contributed by atoms with Crippen LogP contribution in [-0.4, -0.2) is 46.5 Å². The summed E-state index contributed by atoms with van der Waals surface area (Å²) in [6.45, 7) is 0. The van der Waals surface area contributed by atoms with Crippen molar-refractivity contribution in [3.8, 4) is 23.0 Å². The van der Waals surface area contributed by atoms with Crippen LogP contribution in [0, 0.1) is 0 Å². The van der Waals surface area contributed by atoms with Crippen molar-refractivity contribution in [1.29, 1.82) is 0 Å². The summed E-state index contributed by atoms with van der Waals surface area (Å²) in [5.41, 5.74) is 3.15. The van der Waals surface area contributed by atoms with Gasteiger partial charge in [0.05, 0.1) is 34.7 Å². The molecular formula is C19H21N3O6. The first-order chi connectivity index (χ1) is 13.5. The van der Waals surface area contributed by atoms with Crippen LogP contribution in [-0.2, 0) is 9.59 Å². The number of methoxy groups -OCH3 is 4. The van der Waals surface area contributed by atoms with E-state index in [4.69, 9.17) is 18.9 Å². The van der Waals surface area contributed by atoms with Crippen molar-refractivity contribution in [2.75, 3.05) is 33.8 Å². The first-order valence-electron chi connectivity index (χ1n) is 8.10. The lowest BCUT2D eigenvalue weighted by Crippen LogP contribution is -2.32. The van der Waals surface area contributed by atoms with E-state index >= 15 is 0 Å².